The molecular weight excluding hydrogens is 202 g/mol. The van der Waals surface area contributed by atoms with Crippen LogP contribution in [-0.4, -0.2) is 17.6 Å². The summed E-state index contributed by atoms with van der Waals surface area (Å²) in [5, 5.41) is 3.41. The Morgan fingerprint density at radius 2 is 2.12 bits per heavy atom. The topological polar surface area (TPSA) is 60.2 Å². The Morgan fingerprint density at radius 3 is 2.69 bits per heavy atom. The molecule has 0 aliphatic heterocycles. The fraction of sp³-hybridized carbons (Fsp3) is 0.583. The molecule has 1 aromatic heterocycles. The van der Waals surface area contributed by atoms with Gasteiger partial charge in [-0.1, -0.05) is 0 Å². The van der Waals surface area contributed by atoms with E-state index in [0.29, 0.717) is 11.6 Å². The van der Waals surface area contributed by atoms with E-state index in [1.54, 1.807) is 13.2 Å². The van der Waals surface area contributed by atoms with Gasteiger partial charge in [-0.05, 0) is 38.7 Å². The molecule has 0 spiro atoms. The summed E-state index contributed by atoms with van der Waals surface area (Å²) in [5.74, 6) is 2.03. The van der Waals surface area contributed by atoms with Crippen LogP contribution in [0.15, 0.2) is 12.1 Å². The van der Waals surface area contributed by atoms with Gasteiger partial charge in [-0.2, -0.15) is 4.98 Å². The van der Waals surface area contributed by atoms with Crippen LogP contribution in [-0.2, 0) is 0 Å². The number of ether oxygens (including phenoxy) is 1. The SMILES string of the molecule is COc1ccc(N)c(NC(C)(C)C2CC2)n1. The van der Waals surface area contributed by atoms with Gasteiger partial charge in [0.1, 0.15) is 0 Å². The molecule has 16 heavy (non-hydrogen) atoms. The monoisotopic (exact) mass is 221 g/mol. The number of hydrogen-bond acceptors (Lipinski definition) is 4. The lowest BCUT2D eigenvalue weighted by molar-refractivity contribution is 0.397. The van der Waals surface area contributed by atoms with Crippen molar-refractivity contribution in [3.63, 3.8) is 0 Å². The highest BCUT2D eigenvalue weighted by molar-refractivity contribution is 5.63. The van der Waals surface area contributed by atoms with Gasteiger partial charge in [0, 0.05) is 11.6 Å². The molecular formula is C12H19N3O. The maximum absolute atomic E-state index is 5.89. The molecule has 1 saturated carbocycles. The van der Waals surface area contributed by atoms with E-state index in [9.17, 15) is 0 Å². The molecule has 4 nitrogen and oxygen atoms in total. The Balaban J connectivity index is 2.19. The van der Waals surface area contributed by atoms with E-state index in [4.69, 9.17) is 10.5 Å². The number of rotatable bonds is 4. The molecule has 0 bridgehead atoms. The first-order chi connectivity index (χ1) is 7.53. The molecule has 1 heterocycles. The van der Waals surface area contributed by atoms with Crippen molar-refractivity contribution in [3.05, 3.63) is 12.1 Å². The van der Waals surface area contributed by atoms with Crippen molar-refractivity contribution in [2.45, 2.75) is 32.2 Å². The lowest BCUT2D eigenvalue weighted by Gasteiger charge is -2.27. The van der Waals surface area contributed by atoms with Crippen molar-refractivity contribution in [3.8, 4) is 5.88 Å². The van der Waals surface area contributed by atoms with Crippen LogP contribution in [0.3, 0.4) is 0 Å². The molecule has 88 valence electrons. The van der Waals surface area contributed by atoms with Gasteiger partial charge in [0.25, 0.3) is 0 Å². The number of nitrogens with zero attached hydrogens (tertiary/aromatic N) is 1. The maximum atomic E-state index is 5.89. The Hall–Kier alpha value is -1.45. The molecule has 0 aromatic carbocycles. The number of hydrogen-bond donors (Lipinski definition) is 2. The second-order valence-electron chi connectivity index (χ2n) is 4.91. The number of aromatic nitrogens is 1. The van der Waals surface area contributed by atoms with Crippen molar-refractivity contribution in [1.29, 1.82) is 0 Å². The third-order valence-electron chi connectivity index (χ3n) is 3.15. The van der Waals surface area contributed by atoms with Crippen LogP contribution in [0, 0.1) is 5.92 Å². The normalized spacial score (nSPS) is 15.9. The van der Waals surface area contributed by atoms with Gasteiger partial charge in [-0.15, -0.1) is 0 Å². The highest BCUT2D eigenvalue weighted by atomic mass is 16.5. The summed E-state index contributed by atoms with van der Waals surface area (Å²) in [6.07, 6.45) is 2.56. The average molecular weight is 221 g/mol. The minimum absolute atomic E-state index is 0.0491. The molecule has 0 saturated heterocycles. The lowest BCUT2D eigenvalue weighted by atomic mass is 9.99. The standard InChI is InChI=1S/C12H19N3O/c1-12(2,8-4-5-8)15-11-9(13)6-7-10(14-11)16-3/h6-8H,4-5,13H2,1-3H3,(H,14,15). The lowest BCUT2D eigenvalue weighted by Crippen LogP contribution is -2.34. The molecule has 0 unspecified atom stereocenters. The average Bonchev–Trinajstić information content (AvgIpc) is 3.04. The van der Waals surface area contributed by atoms with Crippen LogP contribution in [0.25, 0.3) is 0 Å². The van der Waals surface area contributed by atoms with Crippen LogP contribution in [0.5, 0.6) is 5.88 Å². The number of nitrogens with two attached hydrogens (primary N) is 1. The zero-order chi connectivity index (χ0) is 11.8. The second-order valence-corrected chi connectivity index (χ2v) is 4.91. The van der Waals surface area contributed by atoms with Crippen LogP contribution in [0.2, 0.25) is 0 Å². The summed E-state index contributed by atoms with van der Waals surface area (Å²) < 4.78 is 5.09. The fourth-order valence-corrected chi connectivity index (χ4v) is 1.88. The van der Waals surface area contributed by atoms with E-state index in [-0.39, 0.29) is 5.54 Å². The van der Waals surface area contributed by atoms with Crippen LogP contribution in [0.4, 0.5) is 11.5 Å². The van der Waals surface area contributed by atoms with E-state index in [1.165, 1.54) is 12.8 Å². The molecule has 2 rings (SSSR count). The maximum Gasteiger partial charge on any atom is 0.215 e. The molecule has 0 amide bonds. The summed E-state index contributed by atoms with van der Waals surface area (Å²) >= 11 is 0. The first kappa shape index (κ1) is 11.0. The Kier molecular flexibility index (Phi) is 2.66. The fourth-order valence-electron chi connectivity index (χ4n) is 1.88. The van der Waals surface area contributed by atoms with Crippen LogP contribution < -0.4 is 15.8 Å². The summed E-state index contributed by atoms with van der Waals surface area (Å²) in [4.78, 5) is 4.33. The third kappa shape index (κ3) is 2.21. The van der Waals surface area contributed by atoms with E-state index >= 15 is 0 Å². The van der Waals surface area contributed by atoms with E-state index in [0.717, 1.165) is 11.7 Å². The summed E-state index contributed by atoms with van der Waals surface area (Å²) in [6, 6.07) is 3.59. The molecule has 0 atom stereocenters. The molecule has 3 N–H and O–H groups in total. The zero-order valence-corrected chi connectivity index (χ0v) is 10.1. The first-order valence-electron chi connectivity index (χ1n) is 5.61. The summed E-state index contributed by atoms with van der Waals surface area (Å²) in [7, 11) is 1.61. The van der Waals surface area contributed by atoms with Gasteiger partial charge < -0.3 is 15.8 Å². The van der Waals surface area contributed by atoms with Gasteiger partial charge in [0.2, 0.25) is 5.88 Å². The van der Waals surface area contributed by atoms with Crippen LogP contribution in [0.1, 0.15) is 26.7 Å². The molecule has 1 aliphatic rings. The molecule has 0 radical (unpaired) electrons. The predicted octanol–water partition coefficient (Wildman–Crippen LogP) is 2.27. The number of nitrogen functional groups attached to an aromatic ring is 1. The van der Waals surface area contributed by atoms with Gasteiger partial charge >= 0.3 is 0 Å². The number of anilines is 2. The van der Waals surface area contributed by atoms with Gasteiger partial charge in [0.15, 0.2) is 5.82 Å². The first-order valence-corrected chi connectivity index (χ1v) is 5.61. The van der Waals surface area contributed by atoms with Gasteiger partial charge in [-0.25, -0.2) is 0 Å². The zero-order valence-electron chi connectivity index (χ0n) is 10.1. The van der Waals surface area contributed by atoms with E-state index in [2.05, 4.69) is 24.1 Å². The number of nitrogens with one attached hydrogen (secondary N) is 1. The van der Waals surface area contributed by atoms with Gasteiger partial charge in [-0.3, -0.25) is 0 Å². The van der Waals surface area contributed by atoms with E-state index in [1.807, 2.05) is 6.07 Å². The Labute approximate surface area is 96.2 Å². The second kappa shape index (κ2) is 3.85. The number of pyridine rings is 1. The van der Waals surface area contributed by atoms with E-state index < -0.39 is 0 Å². The molecule has 1 aromatic rings. The number of methoxy groups -OCH3 is 1. The van der Waals surface area contributed by atoms with Crippen molar-refractivity contribution in [1.82, 2.24) is 4.98 Å². The summed E-state index contributed by atoms with van der Waals surface area (Å²) in [6.45, 7) is 4.37. The molecule has 4 heteroatoms. The van der Waals surface area contributed by atoms with Crippen LogP contribution >= 0.6 is 0 Å². The minimum atomic E-state index is 0.0491. The quantitative estimate of drug-likeness (QED) is 0.818. The predicted molar refractivity (Wildman–Crippen MR) is 65.6 cm³/mol. The largest absolute Gasteiger partial charge is 0.481 e. The van der Waals surface area contributed by atoms with Crippen molar-refractivity contribution >= 4 is 11.5 Å². The van der Waals surface area contributed by atoms with Crippen molar-refractivity contribution < 1.29 is 4.74 Å². The highest BCUT2D eigenvalue weighted by Crippen LogP contribution is 2.41. The van der Waals surface area contributed by atoms with Crippen molar-refractivity contribution in [2.75, 3.05) is 18.2 Å². The highest BCUT2D eigenvalue weighted by Gasteiger charge is 2.38. The smallest absolute Gasteiger partial charge is 0.215 e. The molecule has 1 fully saturated rings. The van der Waals surface area contributed by atoms with Crippen molar-refractivity contribution in [2.24, 2.45) is 5.92 Å². The molecule has 1 aliphatic carbocycles. The minimum Gasteiger partial charge on any atom is -0.481 e. The Morgan fingerprint density at radius 1 is 1.44 bits per heavy atom. The van der Waals surface area contributed by atoms with Gasteiger partial charge in [0.05, 0.1) is 12.8 Å². The summed E-state index contributed by atoms with van der Waals surface area (Å²) in [5.41, 5.74) is 6.60. The Bertz CT molecular complexity index is 386. The third-order valence-corrected chi connectivity index (χ3v) is 3.15.